The van der Waals surface area contributed by atoms with Crippen LogP contribution in [0.4, 0.5) is 0 Å². The SMILES string of the molecule is C[C@@H]1CCC[C@H](C)N1C(=O)c1cccc(C#CCCO)c1. The van der Waals surface area contributed by atoms with Crippen molar-refractivity contribution in [2.75, 3.05) is 6.61 Å². The Bertz CT molecular complexity index is 546. The summed E-state index contributed by atoms with van der Waals surface area (Å²) in [6, 6.07) is 8.06. The van der Waals surface area contributed by atoms with E-state index in [9.17, 15) is 4.79 Å². The molecule has 1 amide bonds. The topological polar surface area (TPSA) is 40.5 Å². The molecular weight excluding hydrogens is 262 g/mol. The smallest absolute Gasteiger partial charge is 0.254 e. The fourth-order valence-corrected chi connectivity index (χ4v) is 2.92. The van der Waals surface area contributed by atoms with Crippen LogP contribution in [0.5, 0.6) is 0 Å². The Morgan fingerprint density at radius 2 is 2.05 bits per heavy atom. The normalized spacial score (nSPS) is 21.6. The number of piperidine rings is 1. The Balaban J connectivity index is 2.19. The van der Waals surface area contributed by atoms with Crippen molar-refractivity contribution in [3.8, 4) is 11.8 Å². The van der Waals surface area contributed by atoms with Crippen molar-refractivity contribution in [2.45, 2.75) is 51.6 Å². The van der Waals surface area contributed by atoms with Crippen LogP contribution in [0.15, 0.2) is 24.3 Å². The molecule has 0 unspecified atom stereocenters. The molecule has 1 aliphatic rings. The highest BCUT2D eigenvalue weighted by Crippen LogP contribution is 2.24. The molecule has 0 saturated carbocycles. The molecule has 112 valence electrons. The van der Waals surface area contributed by atoms with Gasteiger partial charge in [0.05, 0.1) is 6.61 Å². The molecular formula is C18H23NO2. The second kappa shape index (κ2) is 7.28. The lowest BCUT2D eigenvalue weighted by molar-refractivity contribution is 0.0510. The van der Waals surface area contributed by atoms with Crippen molar-refractivity contribution < 1.29 is 9.90 Å². The predicted molar refractivity (Wildman–Crippen MR) is 84.0 cm³/mol. The average molecular weight is 285 g/mol. The first-order chi connectivity index (χ1) is 10.1. The number of rotatable bonds is 2. The van der Waals surface area contributed by atoms with Gasteiger partial charge < -0.3 is 10.0 Å². The number of hydrogen-bond acceptors (Lipinski definition) is 2. The monoisotopic (exact) mass is 285 g/mol. The molecule has 3 nitrogen and oxygen atoms in total. The first-order valence-corrected chi connectivity index (χ1v) is 7.66. The number of aliphatic hydroxyl groups is 1. The molecule has 21 heavy (non-hydrogen) atoms. The average Bonchev–Trinajstić information content (AvgIpc) is 2.47. The van der Waals surface area contributed by atoms with Crippen LogP contribution in [-0.4, -0.2) is 34.6 Å². The van der Waals surface area contributed by atoms with Gasteiger partial charge in [-0.15, -0.1) is 0 Å². The maximum atomic E-state index is 12.7. The van der Waals surface area contributed by atoms with Crippen LogP contribution in [0.3, 0.4) is 0 Å². The summed E-state index contributed by atoms with van der Waals surface area (Å²) in [5, 5.41) is 8.75. The summed E-state index contributed by atoms with van der Waals surface area (Å²) in [5.41, 5.74) is 1.53. The first-order valence-electron chi connectivity index (χ1n) is 7.66. The largest absolute Gasteiger partial charge is 0.395 e. The molecule has 0 radical (unpaired) electrons. The highest BCUT2D eigenvalue weighted by atomic mass is 16.2. The van der Waals surface area contributed by atoms with E-state index in [-0.39, 0.29) is 12.5 Å². The van der Waals surface area contributed by atoms with Gasteiger partial charge >= 0.3 is 0 Å². The third-order valence-electron chi connectivity index (χ3n) is 4.01. The summed E-state index contributed by atoms with van der Waals surface area (Å²) in [6.07, 6.45) is 3.80. The Kier molecular flexibility index (Phi) is 5.41. The summed E-state index contributed by atoms with van der Waals surface area (Å²) in [5.74, 6) is 5.97. The summed E-state index contributed by atoms with van der Waals surface area (Å²) in [6.45, 7) is 4.31. The van der Waals surface area contributed by atoms with Crippen molar-refractivity contribution >= 4 is 5.91 Å². The van der Waals surface area contributed by atoms with E-state index in [2.05, 4.69) is 25.7 Å². The van der Waals surface area contributed by atoms with Gasteiger partial charge in [-0.1, -0.05) is 17.9 Å². The molecule has 2 atom stereocenters. The van der Waals surface area contributed by atoms with E-state index in [1.54, 1.807) is 0 Å². The third-order valence-corrected chi connectivity index (χ3v) is 4.01. The minimum Gasteiger partial charge on any atom is -0.395 e. The van der Waals surface area contributed by atoms with Gasteiger partial charge in [0.2, 0.25) is 0 Å². The standard InChI is InChI=1S/C18H23NO2/c1-14-7-5-8-15(2)19(14)18(21)17-11-6-10-16(13-17)9-3-4-12-20/h6,10-11,13-15,20H,4-5,7-8,12H2,1-2H3/t14-,15+. The van der Waals surface area contributed by atoms with Crippen molar-refractivity contribution in [1.29, 1.82) is 0 Å². The quantitative estimate of drug-likeness (QED) is 0.849. The molecule has 0 aliphatic carbocycles. The van der Waals surface area contributed by atoms with Gasteiger partial charge in [-0.05, 0) is 51.3 Å². The third kappa shape index (κ3) is 3.86. The number of nitrogens with zero attached hydrogens (tertiary/aromatic N) is 1. The number of aliphatic hydroxyl groups excluding tert-OH is 1. The van der Waals surface area contributed by atoms with Crippen LogP contribution < -0.4 is 0 Å². The maximum absolute atomic E-state index is 12.7. The molecule has 0 bridgehead atoms. The summed E-state index contributed by atoms with van der Waals surface area (Å²) >= 11 is 0. The van der Waals surface area contributed by atoms with Crippen LogP contribution in [0.1, 0.15) is 55.5 Å². The van der Waals surface area contributed by atoms with Gasteiger partial charge in [-0.25, -0.2) is 0 Å². The van der Waals surface area contributed by atoms with E-state index in [0.717, 1.165) is 18.4 Å². The molecule has 1 aromatic carbocycles. The molecule has 0 aromatic heterocycles. The van der Waals surface area contributed by atoms with Crippen LogP contribution in [0, 0.1) is 11.8 Å². The van der Waals surface area contributed by atoms with Crippen LogP contribution >= 0.6 is 0 Å². The van der Waals surface area contributed by atoms with Gasteiger partial charge in [0.15, 0.2) is 0 Å². The molecule has 1 fully saturated rings. The predicted octanol–water partition coefficient (Wildman–Crippen LogP) is 2.82. The van der Waals surface area contributed by atoms with Crippen molar-refractivity contribution in [2.24, 2.45) is 0 Å². The number of benzene rings is 1. The molecule has 1 heterocycles. The fraction of sp³-hybridized carbons (Fsp3) is 0.500. The molecule has 2 rings (SSSR count). The van der Waals surface area contributed by atoms with Crippen LogP contribution in [-0.2, 0) is 0 Å². The van der Waals surface area contributed by atoms with Crippen molar-refractivity contribution in [3.05, 3.63) is 35.4 Å². The lowest BCUT2D eigenvalue weighted by Crippen LogP contribution is -2.47. The van der Waals surface area contributed by atoms with Crippen LogP contribution in [0.2, 0.25) is 0 Å². The van der Waals surface area contributed by atoms with Crippen molar-refractivity contribution in [3.63, 3.8) is 0 Å². The zero-order chi connectivity index (χ0) is 15.2. The number of carbonyl (C=O) groups excluding carboxylic acids is 1. The van der Waals surface area contributed by atoms with Gasteiger partial charge in [-0.3, -0.25) is 4.79 Å². The zero-order valence-corrected chi connectivity index (χ0v) is 12.8. The molecule has 1 aliphatic heterocycles. The van der Waals surface area contributed by atoms with Crippen LogP contribution in [0.25, 0.3) is 0 Å². The van der Waals surface area contributed by atoms with Gasteiger partial charge in [0.1, 0.15) is 0 Å². The van der Waals surface area contributed by atoms with E-state index in [1.165, 1.54) is 6.42 Å². The first kappa shape index (κ1) is 15.6. The lowest BCUT2D eigenvalue weighted by atomic mass is 9.96. The van der Waals surface area contributed by atoms with Gasteiger partial charge in [0, 0.05) is 29.6 Å². The number of hydrogen-bond donors (Lipinski definition) is 1. The highest BCUT2D eigenvalue weighted by Gasteiger charge is 2.29. The lowest BCUT2D eigenvalue weighted by Gasteiger charge is -2.39. The minimum absolute atomic E-state index is 0.0639. The van der Waals surface area contributed by atoms with Crippen molar-refractivity contribution in [1.82, 2.24) is 4.90 Å². The number of likely N-dealkylation sites (tertiary alicyclic amines) is 1. The minimum atomic E-state index is 0.0639. The van der Waals surface area contributed by atoms with E-state index in [0.29, 0.717) is 24.1 Å². The van der Waals surface area contributed by atoms with E-state index in [1.807, 2.05) is 29.2 Å². The zero-order valence-electron chi connectivity index (χ0n) is 12.8. The van der Waals surface area contributed by atoms with E-state index >= 15 is 0 Å². The van der Waals surface area contributed by atoms with Gasteiger partial charge in [-0.2, -0.15) is 0 Å². The number of carbonyl (C=O) groups is 1. The van der Waals surface area contributed by atoms with E-state index in [4.69, 9.17) is 5.11 Å². The number of amides is 1. The Hall–Kier alpha value is -1.79. The highest BCUT2D eigenvalue weighted by molar-refractivity contribution is 5.95. The maximum Gasteiger partial charge on any atom is 0.254 e. The molecule has 3 heteroatoms. The Labute approximate surface area is 127 Å². The summed E-state index contributed by atoms with van der Waals surface area (Å²) < 4.78 is 0. The molecule has 1 saturated heterocycles. The van der Waals surface area contributed by atoms with E-state index < -0.39 is 0 Å². The molecule has 1 N–H and O–H groups in total. The van der Waals surface area contributed by atoms with Gasteiger partial charge in [0.25, 0.3) is 5.91 Å². The summed E-state index contributed by atoms with van der Waals surface area (Å²) in [7, 11) is 0. The Morgan fingerprint density at radius 1 is 1.33 bits per heavy atom. The second-order valence-electron chi connectivity index (χ2n) is 5.70. The Morgan fingerprint density at radius 3 is 2.71 bits per heavy atom. The summed E-state index contributed by atoms with van der Waals surface area (Å²) in [4.78, 5) is 14.7. The second-order valence-corrected chi connectivity index (χ2v) is 5.70. The molecule has 1 aromatic rings. The molecule has 0 spiro atoms. The fourth-order valence-electron chi connectivity index (χ4n) is 2.92.